The van der Waals surface area contributed by atoms with Crippen molar-refractivity contribution >= 4 is 60.5 Å². The molecular weight excluding hydrogens is 631 g/mol. The van der Waals surface area contributed by atoms with Crippen molar-refractivity contribution in [3.05, 3.63) is 200 Å². The molecule has 0 aliphatic carbocycles. The van der Waals surface area contributed by atoms with E-state index in [0.29, 0.717) is 0 Å². The van der Waals surface area contributed by atoms with Crippen molar-refractivity contribution in [3.63, 3.8) is 0 Å². The zero-order chi connectivity index (χ0) is 34.4. The molecule has 0 aliphatic heterocycles. The van der Waals surface area contributed by atoms with Crippen molar-refractivity contribution in [1.82, 2.24) is 0 Å². The zero-order valence-corrected chi connectivity index (χ0v) is 28.4. The van der Waals surface area contributed by atoms with E-state index in [9.17, 15) is 0 Å². The highest BCUT2D eigenvalue weighted by atomic mass is 16.3. The molecule has 0 bridgehead atoms. The van der Waals surface area contributed by atoms with Crippen molar-refractivity contribution in [1.29, 1.82) is 0 Å². The molecule has 0 amide bonds. The minimum Gasteiger partial charge on any atom is -0.455 e. The maximum atomic E-state index is 6.72. The summed E-state index contributed by atoms with van der Waals surface area (Å²) in [5.41, 5.74) is 11.8. The standard InChI is InChI=1S/C50H33NO/c1-3-13-34(14-4-1)35-27-29-39(30-28-35)51(40-31-32-42-38(33-40)26-25-37-17-7-8-18-41(37)42)47-23-12-20-43(36-15-5-2-6-16-36)49(47)46-22-11-21-45-44-19-9-10-24-48(44)52-50(45)46/h1-33H. The molecule has 0 fully saturated rings. The summed E-state index contributed by atoms with van der Waals surface area (Å²) >= 11 is 0. The van der Waals surface area contributed by atoms with E-state index in [2.05, 4.69) is 199 Å². The molecule has 0 radical (unpaired) electrons. The largest absolute Gasteiger partial charge is 0.455 e. The summed E-state index contributed by atoms with van der Waals surface area (Å²) in [5, 5.41) is 7.17. The van der Waals surface area contributed by atoms with Crippen LogP contribution in [0.2, 0.25) is 0 Å². The summed E-state index contributed by atoms with van der Waals surface area (Å²) < 4.78 is 6.72. The molecule has 9 aromatic carbocycles. The second-order valence-corrected chi connectivity index (χ2v) is 13.3. The van der Waals surface area contributed by atoms with E-state index < -0.39 is 0 Å². The van der Waals surface area contributed by atoms with E-state index in [1.807, 2.05) is 6.07 Å². The number of para-hydroxylation sites is 2. The summed E-state index contributed by atoms with van der Waals surface area (Å²) in [7, 11) is 0. The lowest BCUT2D eigenvalue weighted by atomic mass is 9.91. The number of rotatable bonds is 6. The third kappa shape index (κ3) is 5.04. The smallest absolute Gasteiger partial charge is 0.143 e. The summed E-state index contributed by atoms with van der Waals surface area (Å²) in [6.45, 7) is 0. The van der Waals surface area contributed by atoms with Crippen LogP contribution in [0.15, 0.2) is 205 Å². The number of nitrogens with zero attached hydrogens (tertiary/aromatic N) is 1. The van der Waals surface area contributed by atoms with Gasteiger partial charge in [0.15, 0.2) is 0 Å². The molecule has 0 aliphatic rings. The number of hydrogen-bond donors (Lipinski definition) is 0. The van der Waals surface area contributed by atoms with Crippen LogP contribution in [-0.4, -0.2) is 0 Å². The predicted octanol–water partition coefficient (Wildman–Crippen LogP) is 14.4. The van der Waals surface area contributed by atoms with Gasteiger partial charge in [0, 0.05) is 33.3 Å². The Morgan fingerprint density at radius 2 is 0.942 bits per heavy atom. The molecule has 0 saturated carbocycles. The van der Waals surface area contributed by atoms with Crippen LogP contribution in [0.5, 0.6) is 0 Å². The summed E-state index contributed by atoms with van der Waals surface area (Å²) in [5.74, 6) is 0. The van der Waals surface area contributed by atoms with E-state index in [1.165, 1.54) is 32.7 Å². The Morgan fingerprint density at radius 1 is 0.346 bits per heavy atom. The molecule has 0 atom stereocenters. The Balaban J connectivity index is 1.26. The molecule has 0 unspecified atom stereocenters. The maximum Gasteiger partial charge on any atom is 0.143 e. The number of hydrogen-bond acceptors (Lipinski definition) is 2. The summed E-state index contributed by atoms with van der Waals surface area (Å²) in [6.07, 6.45) is 0. The molecule has 1 aromatic heterocycles. The lowest BCUT2D eigenvalue weighted by Crippen LogP contribution is -2.12. The van der Waals surface area contributed by atoms with Gasteiger partial charge in [-0.1, -0.05) is 164 Å². The van der Waals surface area contributed by atoms with Crippen LogP contribution in [0.4, 0.5) is 17.1 Å². The van der Waals surface area contributed by atoms with E-state index >= 15 is 0 Å². The van der Waals surface area contributed by atoms with Gasteiger partial charge in [0.25, 0.3) is 0 Å². The molecule has 2 heteroatoms. The molecule has 2 nitrogen and oxygen atoms in total. The predicted molar refractivity (Wildman–Crippen MR) is 220 cm³/mol. The van der Waals surface area contributed by atoms with Crippen LogP contribution in [0, 0.1) is 0 Å². The van der Waals surface area contributed by atoms with Crippen LogP contribution in [0.25, 0.3) is 76.9 Å². The first-order chi connectivity index (χ1) is 25.8. The van der Waals surface area contributed by atoms with Gasteiger partial charge in [-0.05, 0) is 80.2 Å². The molecule has 10 aromatic rings. The van der Waals surface area contributed by atoms with Crippen LogP contribution < -0.4 is 4.90 Å². The number of furan rings is 1. The van der Waals surface area contributed by atoms with Crippen LogP contribution in [0.1, 0.15) is 0 Å². The summed E-state index contributed by atoms with van der Waals surface area (Å²) in [6, 6.07) is 71.7. The molecular formula is C50H33NO. The lowest BCUT2D eigenvalue weighted by molar-refractivity contribution is 0.670. The van der Waals surface area contributed by atoms with E-state index in [0.717, 1.165) is 61.3 Å². The van der Waals surface area contributed by atoms with Crippen LogP contribution >= 0.6 is 0 Å². The van der Waals surface area contributed by atoms with Crippen molar-refractivity contribution in [2.24, 2.45) is 0 Å². The molecule has 244 valence electrons. The Kier molecular flexibility index (Phi) is 7.18. The topological polar surface area (TPSA) is 16.4 Å². The number of fused-ring (bicyclic) bond motifs is 6. The van der Waals surface area contributed by atoms with Crippen molar-refractivity contribution in [3.8, 4) is 33.4 Å². The lowest BCUT2D eigenvalue weighted by Gasteiger charge is -2.29. The van der Waals surface area contributed by atoms with E-state index in [-0.39, 0.29) is 0 Å². The number of anilines is 3. The zero-order valence-electron chi connectivity index (χ0n) is 28.4. The highest BCUT2D eigenvalue weighted by Crippen LogP contribution is 2.49. The Morgan fingerprint density at radius 3 is 1.77 bits per heavy atom. The fraction of sp³-hybridized carbons (Fsp3) is 0. The first-order valence-electron chi connectivity index (χ1n) is 17.8. The Hall–Kier alpha value is -6.90. The SMILES string of the molecule is c1ccc(-c2ccc(N(c3ccc4c(ccc5ccccc54)c3)c3cccc(-c4ccccc4)c3-c3cccc4c3oc3ccccc34)cc2)cc1. The van der Waals surface area contributed by atoms with Crippen molar-refractivity contribution in [2.75, 3.05) is 4.90 Å². The van der Waals surface area contributed by atoms with Gasteiger partial charge in [0.1, 0.15) is 11.2 Å². The van der Waals surface area contributed by atoms with Gasteiger partial charge in [-0.25, -0.2) is 0 Å². The molecule has 52 heavy (non-hydrogen) atoms. The second-order valence-electron chi connectivity index (χ2n) is 13.3. The monoisotopic (exact) mass is 663 g/mol. The minimum atomic E-state index is 0.887. The van der Waals surface area contributed by atoms with Gasteiger partial charge in [0.05, 0.1) is 5.69 Å². The third-order valence-electron chi connectivity index (χ3n) is 10.3. The first kappa shape index (κ1) is 30.0. The van der Waals surface area contributed by atoms with E-state index in [1.54, 1.807) is 0 Å². The molecule has 0 spiro atoms. The molecule has 1 heterocycles. The van der Waals surface area contributed by atoms with Crippen LogP contribution in [-0.2, 0) is 0 Å². The van der Waals surface area contributed by atoms with Gasteiger partial charge < -0.3 is 9.32 Å². The fourth-order valence-corrected chi connectivity index (χ4v) is 7.81. The molecule has 0 saturated heterocycles. The fourth-order valence-electron chi connectivity index (χ4n) is 7.81. The van der Waals surface area contributed by atoms with Gasteiger partial charge >= 0.3 is 0 Å². The maximum absolute atomic E-state index is 6.72. The Labute approximate surface area is 302 Å². The minimum absolute atomic E-state index is 0.887. The number of benzene rings is 9. The normalized spacial score (nSPS) is 11.5. The molecule has 0 N–H and O–H groups in total. The average Bonchev–Trinajstić information content (AvgIpc) is 3.61. The second kappa shape index (κ2) is 12.5. The quantitative estimate of drug-likeness (QED) is 0.165. The van der Waals surface area contributed by atoms with Gasteiger partial charge in [-0.15, -0.1) is 0 Å². The van der Waals surface area contributed by atoms with Gasteiger partial charge in [-0.2, -0.15) is 0 Å². The third-order valence-corrected chi connectivity index (χ3v) is 10.3. The first-order valence-corrected chi connectivity index (χ1v) is 17.8. The Bertz CT molecular complexity index is 2890. The van der Waals surface area contributed by atoms with Crippen LogP contribution in [0.3, 0.4) is 0 Å². The van der Waals surface area contributed by atoms with Gasteiger partial charge in [0.2, 0.25) is 0 Å². The van der Waals surface area contributed by atoms with Gasteiger partial charge in [-0.3, -0.25) is 0 Å². The average molecular weight is 664 g/mol. The molecule has 10 rings (SSSR count). The van der Waals surface area contributed by atoms with E-state index in [4.69, 9.17) is 4.42 Å². The van der Waals surface area contributed by atoms with Crippen molar-refractivity contribution in [2.45, 2.75) is 0 Å². The highest BCUT2D eigenvalue weighted by molar-refractivity contribution is 6.13. The highest BCUT2D eigenvalue weighted by Gasteiger charge is 2.24. The summed E-state index contributed by atoms with van der Waals surface area (Å²) in [4.78, 5) is 2.41. The van der Waals surface area contributed by atoms with Crippen molar-refractivity contribution < 1.29 is 4.42 Å².